The van der Waals surface area contributed by atoms with Gasteiger partial charge in [0, 0.05) is 7.11 Å². The van der Waals surface area contributed by atoms with Crippen molar-refractivity contribution in [3.8, 4) is 0 Å². The third-order valence-corrected chi connectivity index (χ3v) is 9.22. The minimum atomic E-state index is -1.40. The lowest BCUT2D eigenvalue weighted by molar-refractivity contribution is -0.369. The molecule has 0 bridgehead atoms. The lowest BCUT2D eigenvalue weighted by Crippen LogP contribution is -2.65. The number of hydrogen-bond acceptors (Lipinski definition) is 11. The first-order chi connectivity index (χ1) is 25.5. The summed E-state index contributed by atoms with van der Waals surface area (Å²) in [7, 11) is 1.46. The average molecular weight is 717 g/mol. The van der Waals surface area contributed by atoms with Crippen LogP contribution in [-0.4, -0.2) is 97.1 Å². The summed E-state index contributed by atoms with van der Waals surface area (Å²) in [5.74, 6) is 0. The van der Waals surface area contributed by atoms with Gasteiger partial charge in [-0.15, -0.1) is 0 Å². The number of aliphatic hydroxyl groups is 3. The van der Waals surface area contributed by atoms with Gasteiger partial charge in [-0.05, 0) is 22.3 Å². The third-order valence-electron chi connectivity index (χ3n) is 9.22. The Kier molecular flexibility index (Phi) is 14.3. The van der Waals surface area contributed by atoms with Crippen molar-refractivity contribution in [2.45, 2.75) is 87.8 Å². The van der Waals surface area contributed by atoms with Crippen LogP contribution in [0.15, 0.2) is 121 Å². The number of ether oxygens (including phenoxy) is 8. The van der Waals surface area contributed by atoms with Gasteiger partial charge in [0.1, 0.15) is 48.8 Å². The molecule has 0 radical (unpaired) electrons. The Morgan fingerprint density at radius 1 is 0.519 bits per heavy atom. The van der Waals surface area contributed by atoms with E-state index in [0.717, 1.165) is 22.3 Å². The van der Waals surface area contributed by atoms with Crippen molar-refractivity contribution in [3.05, 3.63) is 144 Å². The minimum absolute atomic E-state index is 0.0231. The maximum absolute atomic E-state index is 11.5. The van der Waals surface area contributed by atoms with Crippen molar-refractivity contribution in [1.82, 2.24) is 0 Å². The molecule has 52 heavy (non-hydrogen) atoms. The molecule has 278 valence electrons. The van der Waals surface area contributed by atoms with E-state index in [0.29, 0.717) is 6.61 Å². The van der Waals surface area contributed by atoms with Crippen LogP contribution in [0.5, 0.6) is 0 Å². The first-order valence-corrected chi connectivity index (χ1v) is 17.6. The van der Waals surface area contributed by atoms with Crippen LogP contribution in [0.1, 0.15) is 22.3 Å². The summed E-state index contributed by atoms with van der Waals surface area (Å²) in [5, 5.41) is 32.9. The van der Waals surface area contributed by atoms with Crippen LogP contribution in [0.25, 0.3) is 0 Å². The van der Waals surface area contributed by atoms with Crippen molar-refractivity contribution >= 4 is 0 Å². The third kappa shape index (κ3) is 10.1. The van der Waals surface area contributed by atoms with E-state index < -0.39 is 68.0 Å². The molecule has 0 saturated carbocycles. The van der Waals surface area contributed by atoms with E-state index in [9.17, 15) is 15.3 Å². The first kappa shape index (κ1) is 38.2. The number of hydrogen-bond donors (Lipinski definition) is 3. The molecule has 11 heteroatoms. The fourth-order valence-corrected chi connectivity index (χ4v) is 6.48. The second-order valence-corrected chi connectivity index (χ2v) is 12.9. The normalized spacial score (nSPS) is 29.2. The zero-order valence-electron chi connectivity index (χ0n) is 29.2. The number of methoxy groups -OCH3 is 1. The summed E-state index contributed by atoms with van der Waals surface area (Å²) in [5.41, 5.74) is 3.66. The summed E-state index contributed by atoms with van der Waals surface area (Å²) in [6, 6.07) is 38.5. The van der Waals surface area contributed by atoms with E-state index >= 15 is 0 Å². The Balaban J connectivity index is 1.31. The van der Waals surface area contributed by atoms with Gasteiger partial charge in [-0.1, -0.05) is 121 Å². The molecular formula is C41H48O11. The van der Waals surface area contributed by atoms with E-state index in [1.807, 2.05) is 121 Å². The van der Waals surface area contributed by atoms with Gasteiger partial charge in [0.2, 0.25) is 0 Å². The highest BCUT2D eigenvalue weighted by atomic mass is 16.7. The summed E-state index contributed by atoms with van der Waals surface area (Å²) in [4.78, 5) is 0. The summed E-state index contributed by atoms with van der Waals surface area (Å²) in [6.07, 6.45) is -10.4. The number of aliphatic hydroxyl groups excluding tert-OH is 3. The minimum Gasteiger partial charge on any atom is -0.394 e. The van der Waals surface area contributed by atoms with Crippen LogP contribution in [-0.2, 0) is 64.3 Å². The highest BCUT2D eigenvalue weighted by Crippen LogP contribution is 2.34. The van der Waals surface area contributed by atoms with Crippen molar-refractivity contribution in [2.24, 2.45) is 0 Å². The standard InChI is InChI=1S/C41H48O11/c1-45-36-34(43)32(22-42)51-41(39(36)49-26-31-20-12-5-13-21-31)52-35-33(27-46-23-28-14-6-2-7-15-28)50-40(44)38(48-25-30-18-10-4-11-19-30)37(35)47-24-29-16-8-3-9-17-29/h2-21,32-44H,22-27H2,1H3/t32-,33+,34+,35+,36-,37-,38+,39+,40-,41-/m0/s1. The van der Waals surface area contributed by atoms with Crippen molar-refractivity contribution in [1.29, 1.82) is 0 Å². The van der Waals surface area contributed by atoms with Gasteiger partial charge in [0.05, 0.1) is 39.6 Å². The molecule has 0 amide bonds. The topological polar surface area (TPSA) is 135 Å². The summed E-state index contributed by atoms with van der Waals surface area (Å²) < 4.78 is 50.5. The maximum Gasteiger partial charge on any atom is 0.187 e. The second kappa shape index (κ2) is 19.5. The maximum atomic E-state index is 11.5. The second-order valence-electron chi connectivity index (χ2n) is 12.9. The Morgan fingerprint density at radius 3 is 1.46 bits per heavy atom. The zero-order valence-corrected chi connectivity index (χ0v) is 29.2. The fraction of sp³-hybridized carbons (Fsp3) is 0.415. The average Bonchev–Trinajstić information content (AvgIpc) is 3.19. The molecule has 10 atom stereocenters. The highest BCUT2D eigenvalue weighted by Gasteiger charge is 2.53. The Hall–Kier alpha value is -3.56. The quantitative estimate of drug-likeness (QED) is 0.146. The van der Waals surface area contributed by atoms with E-state index in [1.165, 1.54) is 7.11 Å². The van der Waals surface area contributed by atoms with E-state index in [2.05, 4.69) is 0 Å². The first-order valence-electron chi connectivity index (χ1n) is 17.6. The van der Waals surface area contributed by atoms with Crippen LogP contribution < -0.4 is 0 Å². The predicted octanol–water partition coefficient (Wildman–Crippen LogP) is 4.15. The van der Waals surface area contributed by atoms with E-state index in [-0.39, 0.29) is 26.4 Å². The van der Waals surface area contributed by atoms with Crippen molar-refractivity contribution in [3.63, 3.8) is 0 Å². The molecule has 2 saturated heterocycles. The molecule has 6 rings (SSSR count). The Labute approximate surface area is 304 Å². The lowest BCUT2D eigenvalue weighted by Gasteiger charge is -2.48. The Bertz CT molecular complexity index is 1570. The molecule has 3 N–H and O–H groups in total. The van der Waals surface area contributed by atoms with Gasteiger partial charge in [0.15, 0.2) is 12.6 Å². The summed E-state index contributed by atoms with van der Waals surface area (Å²) >= 11 is 0. The van der Waals surface area contributed by atoms with Gasteiger partial charge in [-0.25, -0.2) is 0 Å². The SMILES string of the molecule is CO[C@H]1[C@H](O)[C@H](CO)O[C@@H](O[C@H]2[C@H](OCc3ccccc3)[C@@H](OCc3ccccc3)[C@@H](O)O[C@@H]2COCc2ccccc2)[C@@H]1OCc1ccccc1. The molecule has 0 spiro atoms. The van der Waals surface area contributed by atoms with Crippen LogP contribution >= 0.6 is 0 Å². The van der Waals surface area contributed by atoms with Gasteiger partial charge < -0.3 is 53.2 Å². The van der Waals surface area contributed by atoms with Crippen LogP contribution in [0.3, 0.4) is 0 Å². The highest BCUT2D eigenvalue weighted by molar-refractivity contribution is 5.16. The largest absolute Gasteiger partial charge is 0.394 e. The van der Waals surface area contributed by atoms with Crippen molar-refractivity contribution < 1.29 is 53.2 Å². The molecule has 0 aromatic heterocycles. The molecule has 2 fully saturated rings. The molecule has 4 aromatic carbocycles. The molecule has 2 aliphatic heterocycles. The number of benzene rings is 4. The molecule has 0 aliphatic carbocycles. The Morgan fingerprint density at radius 2 is 0.981 bits per heavy atom. The van der Waals surface area contributed by atoms with Gasteiger partial charge >= 0.3 is 0 Å². The molecule has 0 unspecified atom stereocenters. The van der Waals surface area contributed by atoms with E-state index in [1.54, 1.807) is 0 Å². The molecule has 4 aromatic rings. The van der Waals surface area contributed by atoms with Crippen molar-refractivity contribution in [2.75, 3.05) is 20.3 Å². The lowest BCUT2D eigenvalue weighted by atomic mass is 9.96. The van der Waals surface area contributed by atoms with Crippen LogP contribution in [0, 0.1) is 0 Å². The molecule has 2 heterocycles. The predicted molar refractivity (Wildman–Crippen MR) is 189 cm³/mol. The van der Waals surface area contributed by atoms with E-state index in [4.69, 9.17) is 37.9 Å². The zero-order chi connectivity index (χ0) is 36.1. The summed E-state index contributed by atoms with van der Waals surface area (Å²) in [6.45, 7) is 0.346. The van der Waals surface area contributed by atoms with Gasteiger partial charge in [-0.2, -0.15) is 0 Å². The van der Waals surface area contributed by atoms with Crippen LogP contribution in [0.2, 0.25) is 0 Å². The molecule has 11 nitrogen and oxygen atoms in total. The molecule has 2 aliphatic rings. The fourth-order valence-electron chi connectivity index (χ4n) is 6.48. The van der Waals surface area contributed by atoms with Gasteiger partial charge in [0.25, 0.3) is 0 Å². The number of rotatable bonds is 17. The molecular weight excluding hydrogens is 668 g/mol. The van der Waals surface area contributed by atoms with Crippen LogP contribution in [0.4, 0.5) is 0 Å². The smallest absolute Gasteiger partial charge is 0.187 e. The van der Waals surface area contributed by atoms with Gasteiger partial charge in [-0.3, -0.25) is 0 Å². The monoisotopic (exact) mass is 716 g/mol.